The van der Waals surface area contributed by atoms with Gasteiger partial charge in [-0.15, -0.1) is 0 Å². The summed E-state index contributed by atoms with van der Waals surface area (Å²) in [5, 5.41) is 5.73. The summed E-state index contributed by atoms with van der Waals surface area (Å²) in [5.74, 6) is -0.117. The number of amides is 3. The minimum Gasteiger partial charge on any atom is -0.337 e. The zero-order chi connectivity index (χ0) is 22.1. The quantitative estimate of drug-likeness (QED) is 0.572. The summed E-state index contributed by atoms with van der Waals surface area (Å²) in [7, 11) is 0. The van der Waals surface area contributed by atoms with Crippen LogP contribution in [-0.4, -0.2) is 29.9 Å². The summed E-state index contributed by atoms with van der Waals surface area (Å²) in [6.07, 6.45) is 0. The van der Waals surface area contributed by atoms with Gasteiger partial charge in [-0.2, -0.15) is 0 Å². The minimum absolute atomic E-state index is 0.0537. The van der Waals surface area contributed by atoms with Gasteiger partial charge in [0, 0.05) is 13.1 Å². The molecule has 3 aromatic rings. The Balaban J connectivity index is 1.62. The van der Waals surface area contributed by atoms with E-state index in [0.717, 1.165) is 22.3 Å². The number of aryl methyl sites for hydroxylation is 1. The molecule has 0 aromatic heterocycles. The second-order valence-corrected chi connectivity index (χ2v) is 7.47. The lowest BCUT2D eigenvalue weighted by Crippen LogP contribution is -2.44. The third-order valence-corrected chi connectivity index (χ3v) is 5.17. The smallest absolute Gasteiger partial charge is 0.315 e. The Hall–Kier alpha value is -3.60. The van der Waals surface area contributed by atoms with E-state index in [1.807, 2.05) is 98.8 Å². The van der Waals surface area contributed by atoms with Crippen molar-refractivity contribution >= 4 is 11.9 Å². The first-order valence-electron chi connectivity index (χ1n) is 10.5. The summed E-state index contributed by atoms with van der Waals surface area (Å²) < 4.78 is 0. The van der Waals surface area contributed by atoms with Crippen LogP contribution in [0, 0.1) is 6.92 Å². The molecule has 3 amide bonds. The van der Waals surface area contributed by atoms with Crippen molar-refractivity contribution in [3.05, 3.63) is 107 Å². The topological polar surface area (TPSA) is 61.4 Å². The lowest BCUT2D eigenvalue weighted by Gasteiger charge is -2.23. The predicted octanol–water partition coefficient (Wildman–Crippen LogP) is 4.43. The summed E-state index contributed by atoms with van der Waals surface area (Å²) in [6.45, 7) is 5.01. The lowest BCUT2D eigenvalue weighted by molar-refractivity contribution is -0.130. The molecule has 1 atom stereocenters. The van der Waals surface area contributed by atoms with Crippen molar-refractivity contribution in [2.45, 2.75) is 26.4 Å². The molecule has 0 aliphatic rings. The number of carbonyl (C=O) groups excluding carboxylic acids is 2. The molecule has 0 heterocycles. The third-order valence-electron chi connectivity index (χ3n) is 5.17. The van der Waals surface area contributed by atoms with Crippen LogP contribution in [0.4, 0.5) is 4.79 Å². The molecule has 0 saturated carbocycles. The monoisotopic (exact) mass is 415 g/mol. The van der Waals surface area contributed by atoms with Crippen LogP contribution in [0.25, 0.3) is 0 Å². The Morgan fingerprint density at radius 2 is 1.42 bits per heavy atom. The SMILES string of the molecule is CCN(Cc1ccccc1)C(=O)CNC(=O)NC(c1ccccc1)c1ccc(C)cc1. The highest BCUT2D eigenvalue weighted by atomic mass is 16.2. The van der Waals surface area contributed by atoms with E-state index in [4.69, 9.17) is 0 Å². The summed E-state index contributed by atoms with van der Waals surface area (Å²) in [6, 6.07) is 27.0. The Morgan fingerprint density at radius 1 is 0.839 bits per heavy atom. The fraction of sp³-hybridized carbons (Fsp3) is 0.231. The molecule has 2 N–H and O–H groups in total. The Kier molecular flexibility index (Phi) is 7.82. The van der Waals surface area contributed by atoms with Gasteiger partial charge < -0.3 is 15.5 Å². The zero-order valence-electron chi connectivity index (χ0n) is 18.0. The number of carbonyl (C=O) groups is 2. The molecular formula is C26H29N3O2. The third kappa shape index (κ3) is 6.44. The van der Waals surface area contributed by atoms with Crippen LogP contribution < -0.4 is 10.6 Å². The fourth-order valence-electron chi connectivity index (χ4n) is 3.39. The van der Waals surface area contributed by atoms with Crippen LogP contribution >= 0.6 is 0 Å². The minimum atomic E-state index is -0.376. The van der Waals surface area contributed by atoms with E-state index in [2.05, 4.69) is 10.6 Å². The molecule has 0 aliphatic heterocycles. The number of nitrogens with zero attached hydrogens (tertiary/aromatic N) is 1. The summed E-state index contributed by atoms with van der Waals surface area (Å²) >= 11 is 0. The highest BCUT2D eigenvalue weighted by Crippen LogP contribution is 2.22. The number of likely N-dealkylation sites (N-methyl/N-ethyl adjacent to an activating group) is 1. The molecule has 0 aliphatic carbocycles. The van der Waals surface area contributed by atoms with E-state index in [0.29, 0.717) is 13.1 Å². The maximum absolute atomic E-state index is 12.6. The second-order valence-electron chi connectivity index (χ2n) is 7.47. The molecule has 0 saturated heterocycles. The van der Waals surface area contributed by atoms with E-state index in [1.165, 1.54) is 0 Å². The second kappa shape index (κ2) is 11.0. The van der Waals surface area contributed by atoms with Crippen molar-refractivity contribution < 1.29 is 9.59 Å². The first-order chi connectivity index (χ1) is 15.1. The summed E-state index contributed by atoms with van der Waals surface area (Å²) in [5.41, 5.74) is 4.18. The Bertz CT molecular complexity index is 973. The largest absolute Gasteiger partial charge is 0.337 e. The molecule has 0 fully saturated rings. The van der Waals surface area contributed by atoms with Gasteiger partial charge in [0.15, 0.2) is 0 Å². The van der Waals surface area contributed by atoms with Gasteiger partial charge in [-0.1, -0.05) is 90.5 Å². The lowest BCUT2D eigenvalue weighted by atomic mass is 9.98. The normalized spacial score (nSPS) is 11.4. The number of benzene rings is 3. The van der Waals surface area contributed by atoms with E-state index >= 15 is 0 Å². The molecule has 0 spiro atoms. The van der Waals surface area contributed by atoms with Gasteiger partial charge in [0.1, 0.15) is 0 Å². The standard InChI is InChI=1S/C26H29N3O2/c1-3-29(19-21-10-6-4-7-11-21)24(30)18-27-26(31)28-25(22-12-8-5-9-13-22)23-16-14-20(2)15-17-23/h4-17,25H,3,18-19H2,1-2H3,(H2,27,28,31). The van der Waals surface area contributed by atoms with Crippen molar-refractivity contribution in [3.8, 4) is 0 Å². The van der Waals surface area contributed by atoms with Crippen LogP contribution in [0.3, 0.4) is 0 Å². The first kappa shape index (κ1) is 22.1. The average Bonchev–Trinajstić information content (AvgIpc) is 2.81. The first-order valence-corrected chi connectivity index (χ1v) is 10.5. The molecule has 160 valence electrons. The average molecular weight is 416 g/mol. The van der Waals surface area contributed by atoms with Gasteiger partial charge >= 0.3 is 6.03 Å². The van der Waals surface area contributed by atoms with Crippen molar-refractivity contribution in [3.63, 3.8) is 0 Å². The molecule has 0 radical (unpaired) electrons. The molecule has 0 bridgehead atoms. The maximum atomic E-state index is 12.6. The van der Waals surface area contributed by atoms with Crippen molar-refractivity contribution in [1.29, 1.82) is 0 Å². The molecule has 3 aromatic carbocycles. The fourth-order valence-corrected chi connectivity index (χ4v) is 3.39. The highest BCUT2D eigenvalue weighted by molar-refractivity contribution is 5.84. The molecule has 3 rings (SSSR count). The Morgan fingerprint density at radius 3 is 2.03 bits per heavy atom. The molecule has 1 unspecified atom stereocenters. The predicted molar refractivity (Wildman–Crippen MR) is 124 cm³/mol. The molecular weight excluding hydrogens is 386 g/mol. The number of hydrogen-bond acceptors (Lipinski definition) is 2. The number of hydrogen-bond donors (Lipinski definition) is 2. The number of nitrogens with one attached hydrogen (secondary N) is 2. The molecule has 5 heteroatoms. The summed E-state index contributed by atoms with van der Waals surface area (Å²) in [4.78, 5) is 27.0. The van der Waals surface area contributed by atoms with Gasteiger partial charge in [0.2, 0.25) is 5.91 Å². The molecule has 31 heavy (non-hydrogen) atoms. The van der Waals surface area contributed by atoms with E-state index in [9.17, 15) is 9.59 Å². The maximum Gasteiger partial charge on any atom is 0.315 e. The molecule has 5 nitrogen and oxygen atoms in total. The van der Waals surface area contributed by atoms with Crippen LogP contribution in [0.15, 0.2) is 84.9 Å². The van der Waals surface area contributed by atoms with Gasteiger partial charge in [-0.25, -0.2) is 4.79 Å². The van der Waals surface area contributed by atoms with Crippen molar-refractivity contribution in [2.24, 2.45) is 0 Å². The Labute approximate surface area is 184 Å². The number of rotatable bonds is 8. The zero-order valence-corrected chi connectivity index (χ0v) is 18.0. The highest BCUT2D eigenvalue weighted by Gasteiger charge is 2.18. The van der Waals surface area contributed by atoms with Gasteiger partial charge in [-0.05, 0) is 30.5 Å². The van der Waals surface area contributed by atoms with Crippen LogP contribution in [-0.2, 0) is 11.3 Å². The van der Waals surface area contributed by atoms with Gasteiger partial charge in [0.05, 0.1) is 12.6 Å². The van der Waals surface area contributed by atoms with Crippen LogP contribution in [0.2, 0.25) is 0 Å². The van der Waals surface area contributed by atoms with Crippen molar-refractivity contribution in [1.82, 2.24) is 15.5 Å². The van der Waals surface area contributed by atoms with Crippen LogP contribution in [0.1, 0.15) is 35.2 Å². The van der Waals surface area contributed by atoms with Gasteiger partial charge in [0.25, 0.3) is 0 Å². The van der Waals surface area contributed by atoms with E-state index in [1.54, 1.807) is 4.90 Å². The van der Waals surface area contributed by atoms with E-state index < -0.39 is 0 Å². The van der Waals surface area contributed by atoms with Crippen molar-refractivity contribution in [2.75, 3.05) is 13.1 Å². The van der Waals surface area contributed by atoms with Crippen LogP contribution in [0.5, 0.6) is 0 Å². The van der Waals surface area contributed by atoms with E-state index in [-0.39, 0.29) is 24.5 Å². The number of urea groups is 1. The van der Waals surface area contributed by atoms with Gasteiger partial charge in [-0.3, -0.25) is 4.79 Å².